The van der Waals surface area contributed by atoms with Crippen molar-refractivity contribution in [1.29, 1.82) is 0 Å². The summed E-state index contributed by atoms with van der Waals surface area (Å²) in [6, 6.07) is 0. The summed E-state index contributed by atoms with van der Waals surface area (Å²) in [7, 11) is 0. The lowest BCUT2D eigenvalue weighted by Crippen LogP contribution is -2.53. The molecule has 0 aromatic carbocycles. The van der Waals surface area contributed by atoms with Crippen molar-refractivity contribution in [2.75, 3.05) is 6.54 Å². The highest BCUT2D eigenvalue weighted by Crippen LogP contribution is 2.56. The normalized spacial score (nSPS) is 42.1. The van der Waals surface area contributed by atoms with Gasteiger partial charge in [-0.15, -0.1) is 0 Å². The summed E-state index contributed by atoms with van der Waals surface area (Å²) in [6.07, 6.45) is 7.15. The van der Waals surface area contributed by atoms with Crippen LogP contribution in [0, 0.1) is 29.6 Å². The maximum Gasteiger partial charge on any atom is 0.239 e. The molecule has 102 valence electrons. The number of carbonyl (C=O) groups is 1. The Labute approximate surface area is 110 Å². The second-order valence-corrected chi connectivity index (χ2v) is 7.53. The van der Waals surface area contributed by atoms with Crippen molar-refractivity contribution in [1.82, 2.24) is 5.32 Å². The van der Waals surface area contributed by atoms with Gasteiger partial charge in [0.15, 0.2) is 0 Å². The minimum absolute atomic E-state index is 0.00342. The van der Waals surface area contributed by atoms with Gasteiger partial charge in [-0.3, -0.25) is 4.79 Å². The summed E-state index contributed by atoms with van der Waals surface area (Å²) in [4.78, 5) is 11.9. The second-order valence-electron chi connectivity index (χ2n) is 7.53. The highest BCUT2D eigenvalue weighted by Gasteiger charge is 2.48. The zero-order valence-electron chi connectivity index (χ0n) is 11.6. The zero-order valence-corrected chi connectivity index (χ0v) is 11.6. The van der Waals surface area contributed by atoms with Gasteiger partial charge in [-0.1, -0.05) is 0 Å². The predicted molar refractivity (Wildman–Crippen MR) is 71.8 cm³/mol. The minimum atomic E-state index is -0.744. The van der Waals surface area contributed by atoms with Crippen molar-refractivity contribution < 1.29 is 4.79 Å². The lowest BCUT2D eigenvalue weighted by molar-refractivity contribution is -0.126. The van der Waals surface area contributed by atoms with E-state index in [9.17, 15) is 4.79 Å². The molecule has 0 aliphatic heterocycles. The highest BCUT2D eigenvalue weighted by atomic mass is 16.2. The van der Waals surface area contributed by atoms with Crippen LogP contribution in [0.4, 0.5) is 0 Å². The lowest BCUT2D eigenvalue weighted by atomic mass is 9.52. The number of carbonyl (C=O) groups excluding carboxylic acids is 1. The molecule has 4 aliphatic carbocycles. The maximum absolute atomic E-state index is 11.9. The maximum atomic E-state index is 11.9. The van der Waals surface area contributed by atoms with E-state index in [1.54, 1.807) is 13.8 Å². The van der Waals surface area contributed by atoms with Crippen LogP contribution in [0.25, 0.3) is 0 Å². The van der Waals surface area contributed by atoms with E-state index >= 15 is 0 Å². The fourth-order valence-electron chi connectivity index (χ4n) is 4.81. The first kappa shape index (κ1) is 12.5. The first-order valence-corrected chi connectivity index (χ1v) is 7.50. The van der Waals surface area contributed by atoms with E-state index in [0.29, 0.717) is 0 Å². The fraction of sp³-hybridized carbons (Fsp3) is 0.933. The minimum Gasteiger partial charge on any atom is -0.354 e. The Balaban J connectivity index is 1.59. The van der Waals surface area contributed by atoms with Crippen LogP contribution in [0.15, 0.2) is 0 Å². The Kier molecular flexibility index (Phi) is 2.92. The molecule has 18 heavy (non-hydrogen) atoms. The standard InChI is InChI=1S/C15H26N2O/c1-15(2,16)14(18)17-8-13-11-4-9-3-10(6-11)7-12(13)5-9/h9-13H,3-8,16H2,1-2H3,(H,17,18). The topological polar surface area (TPSA) is 55.1 Å². The van der Waals surface area contributed by atoms with E-state index in [-0.39, 0.29) is 5.91 Å². The van der Waals surface area contributed by atoms with Gasteiger partial charge in [-0.25, -0.2) is 0 Å². The van der Waals surface area contributed by atoms with Crippen LogP contribution >= 0.6 is 0 Å². The zero-order chi connectivity index (χ0) is 12.9. The molecule has 0 radical (unpaired) electrons. The van der Waals surface area contributed by atoms with Crippen LogP contribution in [0.3, 0.4) is 0 Å². The van der Waals surface area contributed by atoms with E-state index in [1.807, 2.05) is 0 Å². The van der Waals surface area contributed by atoms with Crippen LogP contribution < -0.4 is 11.1 Å². The molecule has 0 saturated heterocycles. The summed E-state index contributed by atoms with van der Waals surface area (Å²) in [5.74, 6) is 4.49. The predicted octanol–water partition coefficient (Wildman–Crippen LogP) is 1.91. The van der Waals surface area contributed by atoms with Gasteiger partial charge in [-0.05, 0) is 75.5 Å². The molecule has 4 rings (SSSR count). The monoisotopic (exact) mass is 250 g/mol. The van der Waals surface area contributed by atoms with Crippen molar-refractivity contribution in [3.8, 4) is 0 Å². The summed E-state index contributed by atoms with van der Waals surface area (Å²) in [5, 5.41) is 3.09. The molecule has 1 amide bonds. The molecule has 3 heteroatoms. The summed E-state index contributed by atoms with van der Waals surface area (Å²) in [6.45, 7) is 4.41. The Morgan fingerprint density at radius 3 is 2.06 bits per heavy atom. The molecule has 3 N–H and O–H groups in total. The van der Waals surface area contributed by atoms with Gasteiger partial charge < -0.3 is 11.1 Å². The van der Waals surface area contributed by atoms with Gasteiger partial charge in [0.25, 0.3) is 0 Å². The molecule has 0 spiro atoms. The van der Waals surface area contributed by atoms with E-state index < -0.39 is 5.54 Å². The van der Waals surface area contributed by atoms with Crippen molar-refractivity contribution >= 4 is 5.91 Å². The average Bonchev–Trinajstić information content (AvgIpc) is 2.25. The molecule has 4 saturated carbocycles. The molecule has 0 unspecified atom stereocenters. The molecule has 0 atom stereocenters. The van der Waals surface area contributed by atoms with Gasteiger partial charge in [0.2, 0.25) is 5.91 Å². The lowest BCUT2D eigenvalue weighted by Gasteiger charge is -2.54. The Morgan fingerprint density at radius 1 is 1.11 bits per heavy atom. The summed E-state index contributed by atoms with van der Waals surface area (Å²) < 4.78 is 0. The third kappa shape index (κ3) is 2.18. The summed E-state index contributed by atoms with van der Waals surface area (Å²) >= 11 is 0. The Morgan fingerprint density at radius 2 is 1.61 bits per heavy atom. The van der Waals surface area contributed by atoms with Gasteiger partial charge >= 0.3 is 0 Å². The van der Waals surface area contributed by atoms with Crippen molar-refractivity contribution in [2.45, 2.75) is 51.5 Å². The molecule has 0 heterocycles. The molecular weight excluding hydrogens is 224 g/mol. The van der Waals surface area contributed by atoms with Gasteiger partial charge in [0.05, 0.1) is 5.54 Å². The first-order chi connectivity index (χ1) is 8.43. The molecule has 4 aliphatic rings. The number of rotatable bonds is 3. The number of hydrogen-bond donors (Lipinski definition) is 2. The molecular formula is C15H26N2O. The van der Waals surface area contributed by atoms with E-state index in [0.717, 1.165) is 36.1 Å². The van der Waals surface area contributed by atoms with Crippen molar-refractivity contribution in [3.05, 3.63) is 0 Å². The van der Waals surface area contributed by atoms with Crippen LogP contribution in [0.1, 0.15) is 46.0 Å². The summed E-state index contributed by atoms with van der Waals surface area (Å²) in [5.41, 5.74) is 5.08. The first-order valence-electron chi connectivity index (χ1n) is 7.50. The quantitative estimate of drug-likeness (QED) is 0.804. The molecule has 3 nitrogen and oxygen atoms in total. The molecule has 4 bridgehead atoms. The fourth-order valence-corrected chi connectivity index (χ4v) is 4.81. The van der Waals surface area contributed by atoms with Crippen LogP contribution in [-0.2, 0) is 4.79 Å². The van der Waals surface area contributed by atoms with E-state index in [4.69, 9.17) is 5.73 Å². The smallest absolute Gasteiger partial charge is 0.239 e. The van der Waals surface area contributed by atoms with E-state index in [2.05, 4.69) is 5.32 Å². The van der Waals surface area contributed by atoms with Crippen LogP contribution in [0.2, 0.25) is 0 Å². The SMILES string of the molecule is CC(C)(N)C(=O)NCC1C2CC3CC(C2)CC1C3. The van der Waals surface area contributed by atoms with Crippen LogP contribution in [-0.4, -0.2) is 18.0 Å². The molecule has 0 aromatic heterocycles. The number of nitrogens with one attached hydrogen (secondary N) is 1. The Bertz CT molecular complexity index is 317. The number of amides is 1. The number of nitrogens with two attached hydrogens (primary N) is 1. The van der Waals surface area contributed by atoms with Crippen molar-refractivity contribution in [3.63, 3.8) is 0 Å². The average molecular weight is 250 g/mol. The van der Waals surface area contributed by atoms with E-state index in [1.165, 1.54) is 32.1 Å². The van der Waals surface area contributed by atoms with Crippen molar-refractivity contribution in [2.24, 2.45) is 35.3 Å². The van der Waals surface area contributed by atoms with Gasteiger partial charge in [0.1, 0.15) is 0 Å². The molecule has 4 fully saturated rings. The highest BCUT2D eigenvalue weighted by molar-refractivity contribution is 5.85. The Hall–Kier alpha value is -0.570. The number of hydrogen-bond acceptors (Lipinski definition) is 2. The third-order valence-corrected chi connectivity index (χ3v) is 5.51. The second kappa shape index (κ2) is 4.22. The van der Waals surface area contributed by atoms with Gasteiger partial charge in [0, 0.05) is 6.54 Å². The molecule has 0 aromatic rings. The van der Waals surface area contributed by atoms with Crippen LogP contribution in [0.5, 0.6) is 0 Å². The third-order valence-electron chi connectivity index (χ3n) is 5.51. The van der Waals surface area contributed by atoms with Gasteiger partial charge in [-0.2, -0.15) is 0 Å². The largest absolute Gasteiger partial charge is 0.354 e.